The van der Waals surface area contributed by atoms with Crippen molar-refractivity contribution in [1.82, 2.24) is 0 Å². The molecule has 1 N–H and O–H groups in total. The van der Waals surface area contributed by atoms with Crippen LogP contribution in [0.3, 0.4) is 0 Å². The molecule has 0 radical (unpaired) electrons. The van der Waals surface area contributed by atoms with Crippen LogP contribution >= 0.6 is 0 Å². The van der Waals surface area contributed by atoms with E-state index in [1.807, 2.05) is 0 Å². The Kier molecular flexibility index (Phi) is 7.87. The Balaban J connectivity index is 2.18. The van der Waals surface area contributed by atoms with E-state index in [1.54, 1.807) is 0 Å². The summed E-state index contributed by atoms with van der Waals surface area (Å²) >= 11 is 0. The number of ether oxygens (including phenoxy) is 1. The highest BCUT2D eigenvalue weighted by atomic mass is 16.5. The number of unbranched alkanes of at least 4 members (excludes halogenated alkanes) is 1. The van der Waals surface area contributed by atoms with Gasteiger partial charge in [-0.3, -0.25) is 0 Å². The maximum Gasteiger partial charge on any atom is 0.0599 e. The van der Waals surface area contributed by atoms with Crippen LogP contribution < -0.4 is 0 Å². The lowest BCUT2D eigenvalue weighted by Gasteiger charge is -2.26. The minimum absolute atomic E-state index is 0.153. The van der Waals surface area contributed by atoms with Gasteiger partial charge in [0.15, 0.2) is 0 Å². The van der Waals surface area contributed by atoms with Gasteiger partial charge in [0.05, 0.1) is 12.2 Å². The van der Waals surface area contributed by atoms with Crippen molar-refractivity contribution in [3.05, 3.63) is 0 Å². The zero-order chi connectivity index (χ0) is 12.5. The van der Waals surface area contributed by atoms with E-state index in [0.29, 0.717) is 12.0 Å². The molecule has 0 aromatic carbocycles. The zero-order valence-electron chi connectivity index (χ0n) is 11.7. The zero-order valence-corrected chi connectivity index (χ0v) is 11.7. The molecule has 0 bridgehead atoms. The molecule has 0 amide bonds. The largest absolute Gasteiger partial charge is 0.393 e. The lowest BCUT2D eigenvalue weighted by Crippen LogP contribution is -2.26. The molecular weight excluding hydrogens is 212 g/mol. The van der Waals surface area contributed by atoms with E-state index in [2.05, 4.69) is 13.8 Å². The van der Waals surface area contributed by atoms with E-state index in [4.69, 9.17) is 4.74 Å². The average Bonchev–Trinajstić information content (AvgIpc) is 2.35. The van der Waals surface area contributed by atoms with Gasteiger partial charge in [0.2, 0.25) is 0 Å². The van der Waals surface area contributed by atoms with Crippen molar-refractivity contribution in [2.75, 3.05) is 6.61 Å². The van der Waals surface area contributed by atoms with Crippen LogP contribution in [0.2, 0.25) is 0 Å². The summed E-state index contributed by atoms with van der Waals surface area (Å²) < 4.78 is 5.68. The van der Waals surface area contributed by atoms with Crippen LogP contribution in [0.1, 0.15) is 71.6 Å². The van der Waals surface area contributed by atoms with Crippen LogP contribution in [-0.2, 0) is 4.74 Å². The lowest BCUT2D eigenvalue weighted by atomic mass is 9.90. The fraction of sp³-hybridized carbons (Fsp3) is 1.00. The minimum Gasteiger partial charge on any atom is -0.393 e. The third-order valence-electron chi connectivity index (χ3n) is 3.96. The number of hydrogen-bond donors (Lipinski definition) is 1. The summed E-state index contributed by atoms with van der Waals surface area (Å²) in [6.45, 7) is 5.37. The summed E-state index contributed by atoms with van der Waals surface area (Å²) in [6.07, 6.45) is 10.6. The van der Waals surface area contributed by atoms with Gasteiger partial charge in [0.1, 0.15) is 0 Å². The molecule has 102 valence electrons. The monoisotopic (exact) mass is 242 g/mol. The van der Waals surface area contributed by atoms with Crippen molar-refractivity contribution in [3.8, 4) is 0 Å². The lowest BCUT2D eigenvalue weighted by molar-refractivity contribution is -0.0196. The molecule has 1 rings (SSSR count). The third-order valence-corrected chi connectivity index (χ3v) is 3.96. The molecule has 0 aromatic rings. The van der Waals surface area contributed by atoms with Gasteiger partial charge in [0.25, 0.3) is 0 Å². The van der Waals surface area contributed by atoms with Crippen molar-refractivity contribution >= 4 is 0 Å². The van der Waals surface area contributed by atoms with E-state index in [0.717, 1.165) is 25.9 Å². The number of hydrogen-bond acceptors (Lipinski definition) is 2. The molecule has 3 atom stereocenters. The molecule has 1 fully saturated rings. The first-order chi connectivity index (χ1) is 8.26. The predicted octanol–water partition coefficient (Wildman–Crippen LogP) is 3.91. The van der Waals surface area contributed by atoms with Crippen LogP contribution in [-0.4, -0.2) is 23.9 Å². The number of rotatable bonds is 8. The summed E-state index contributed by atoms with van der Waals surface area (Å²) in [4.78, 5) is 0. The van der Waals surface area contributed by atoms with Crippen molar-refractivity contribution in [2.45, 2.75) is 83.8 Å². The summed E-state index contributed by atoms with van der Waals surface area (Å²) in [5.41, 5.74) is 0. The fourth-order valence-corrected chi connectivity index (χ4v) is 2.76. The van der Waals surface area contributed by atoms with Gasteiger partial charge >= 0.3 is 0 Å². The highest BCUT2D eigenvalue weighted by Gasteiger charge is 2.20. The average molecular weight is 242 g/mol. The molecule has 1 heterocycles. The summed E-state index contributed by atoms with van der Waals surface area (Å²) in [5.74, 6) is 0.702. The maximum atomic E-state index is 10.1. The van der Waals surface area contributed by atoms with Gasteiger partial charge in [-0.2, -0.15) is 0 Å². The smallest absolute Gasteiger partial charge is 0.0599 e. The van der Waals surface area contributed by atoms with Crippen molar-refractivity contribution in [1.29, 1.82) is 0 Å². The van der Waals surface area contributed by atoms with E-state index in [-0.39, 0.29) is 6.10 Å². The van der Waals surface area contributed by atoms with Crippen LogP contribution in [0.25, 0.3) is 0 Å². The summed E-state index contributed by atoms with van der Waals surface area (Å²) in [5, 5.41) is 10.1. The van der Waals surface area contributed by atoms with Gasteiger partial charge in [-0.25, -0.2) is 0 Å². The fourth-order valence-electron chi connectivity index (χ4n) is 2.76. The van der Waals surface area contributed by atoms with E-state index < -0.39 is 0 Å². The Morgan fingerprint density at radius 3 is 2.71 bits per heavy atom. The molecule has 2 heteroatoms. The number of aliphatic hydroxyl groups excluding tert-OH is 1. The topological polar surface area (TPSA) is 29.5 Å². The molecule has 1 aliphatic rings. The first-order valence-corrected chi connectivity index (χ1v) is 7.55. The van der Waals surface area contributed by atoms with Crippen molar-refractivity contribution in [2.24, 2.45) is 5.92 Å². The van der Waals surface area contributed by atoms with Gasteiger partial charge in [-0.05, 0) is 38.0 Å². The minimum atomic E-state index is -0.153. The first kappa shape index (κ1) is 15.0. The first-order valence-electron chi connectivity index (χ1n) is 7.55. The Morgan fingerprint density at radius 2 is 2.12 bits per heavy atom. The molecule has 0 spiro atoms. The van der Waals surface area contributed by atoms with Crippen LogP contribution in [0.5, 0.6) is 0 Å². The molecule has 1 saturated heterocycles. The SMILES string of the molecule is CCCCC(CC)CC(O)CC1CCCCO1. The van der Waals surface area contributed by atoms with E-state index in [9.17, 15) is 5.11 Å². The molecule has 0 aliphatic carbocycles. The highest BCUT2D eigenvalue weighted by molar-refractivity contribution is 4.71. The second-order valence-corrected chi connectivity index (χ2v) is 5.53. The van der Waals surface area contributed by atoms with Gasteiger partial charge in [-0.1, -0.05) is 39.5 Å². The van der Waals surface area contributed by atoms with E-state index in [1.165, 1.54) is 38.5 Å². The summed E-state index contributed by atoms with van der Waals surface area (Å²) in [7, 11) is 0. The molecule has 0 saturated carbocycles. The Labute approximate surface area is 107 Å². The third kappa shape index (κ3) is 6.42. The second kappa shape index (κ2) is 8.93. The van der Waals surface area contributed by atoms with Crippen molar-refractivity contribution < 1.29 is 9.84 Å². The van der Waals surface area contributed by atoms with Crippen LogP contribution in [0.4, 0.5) is 0 Å². The molecule has 1 aliphatic heterocycles. The van der Waals surface area contributed by atoms with E-state index >= 15 is 0 Å². The normalized spacial score (nSPS) is 24.5. The molecule has 2 nitrogen and oxygen atoms in total. The standard InChI is InChI=1S/C15H30O2/c1-3-5-8-13(4-2)11-14(16)12-15-9-6-7-10-17-15/h13-16H,3-12H2,1-2H3. The molecule has 3 unspecified atom stereocenters. The highest BCUT2D eigenvalue weighted by Crippen LogP contribution is 2.23. The Morgan fingerprint density at radius 1 is 1.29 bits per heavy atom. The molecular formula is C15H30O2. The second-order valence-electron chi connectivity index (χ2n) is 5.53. The Hall–Kier alpha value is -0.0800. The number of aliphatic hydroxyl groups is 1. The Bertz CT molecular complexity index is 176. The maximum absolute atomic E-state index is 10.1. The van der Waals surface area contributed by atoms with Crippen molar-refractivity contribution in [3.63, 3.8) is 0 Å². The van der Waals surface area contributed by atoms with Crippen LogP contribution in [0, 0.1) is 5.92 Å². The summed E-state index contributed by atoms with van der Waals surface area (Å²) in [6, 6.07) is 0. The molecule has 17 heavy (non-hydrogen) atoms. The predicted molar refractivity (Wildman–Crippen MR) is 72.1 cm³/mol. The quantitative estimate of drug-likeness (QED) is 0.699. The van der Waals surface area contributed by atoms with Crippen LogP contribution in [0.15, 0.2) is 0 Å². The van der Waals surface area contributed by atoms with Gasteiger partial charge in [-0.15, -0.1) is 0 Å². The molecule has 0 aromatic heterocycles. The van der Waals surface area contributed by atoms with Gasteiger partial charge < -0.3 is 9.84 Å². The van der Waals surface area contributed by atoms with Gasteiger partial charge in [0, 0.05) is 6.61 Å².